The minimum absolute atomic E-state index is 0.0362. The van der Waals surface area contributed by atoms with Crippen LogP contribution >= 0.6 is 11.8 Å². The van der Waals surface area contributed by atoms with E-state index in [1.54, 1.807) is 6.20 Å². The highest BCUT2D eigenvalue weighted by Gasteiger charge is 2.48. The number of carbonyl (C=O) groups is 1. The second kappa shape index (κ2) is 6.42. The van der Waals surface area contributed by atoms with Crippen LogP contribution in [0.1, 0.15) is 19.3 Å². The van der Waals surface area contributed by atoms with Gasteiger partial charge in [-0.3, -0.25) is 4.79 Å². The van der Waals surface area contributed by atoms with Crippen LogP contribution in [0.5, 0.6) is 0 Å². The number of aliphatic hydroxyl groups excluding tert-OH is 1. The molecule has 1 N–H and O–H groups in total. The van der Waals surface area contributed by atoms with E-state index in [0.29, 0.717) is 6.54 Å². The van der Waals surface area contributed by atoms with Crippen molar-refractivity contribution < 1.29 is 9.90 Å². The highest BCUT2D eigenvalue weighted by atomic mass is 32.2. The second-order valence-corrected chi connectivity index (χ2v) is 6.75. The fourth-order valence-corrected chi connectivity index (χ4v) is 3.89. The maximum absolute atomic E-state index is 12.8. The van der Waals surface area contributed by atoms with Crippen LogP contribution in [0.2, 0.25) is 0 Å². The number of amides is 1. The molecule has 0 aliphatic carbocycles. The van der Waals surface area contributed by atoms with E-state index in [1.807, 2.05) is 17.2 Å². The average Bonchev–Trinajstić information content (AvgIpc) is 2.97. The summed E-state index contributed by atoms with van der Waals surface area (Å²) < 4.78 is 0. The molecule has 3 heterocycles. The van der Waals surface area contributed by atoms with E-state index in [1.165, 1.54) is 11.8 Å². The van der Waals surface area contributed by atoms with Gasteiger partial charge in [0.2, 0.25) is 5.91 Å². The molecule has 0 radical (unpaired) electrons. The van der Waals surface area contributed by atoms with E-state index in [-0.39, 0.29) is 17.9 Å². The third kappa shape index (κ3) is 2.79. The molecule has 1 atom stereocenters. The molecule has 0 unspecified atom stereocenters. The third-order valence-electron chi connectivity index (χ3n) is 4.67. The van der Waals surface area contributed by atoms with Crippen molar-refractivity contribution in [1.29, 1.82) is 0 Å². The Labute approximate surface area is 134 Å². The van der Waals surface area contributed by atoms with Crippen LogP contribution < -0.4 is 4.90 Å². The van der Waals surface area contributed by atoms with E-state index in [9.17, 15) is 4.79 Å². The van der Waals surface area contributed by atoms with Gasteiger partial charge in [0.1, 0.15) is 5.82 Å². The summed E-state index contributed by atoms with van der Waals surface area (Å²) in [6.45, 7) is 2.83. The molecule has 1 aromatic rings. The van der Waals surface area contributed by atoms with Crippen LogP contribution in [0.15, 0.2) is 17.4 Å². The number of hydrogen-bond acceptors (Lipinski definition) is 6. The number of piperidine rings is 1. The standard InChI is InChI=1S/C15H22N4O2S/c1-22-14-16-6-3-12(17-14)19-8-5-15(11-19)4-2-7-18(9-10-20)13(15)21/h3,6,20H,2,4-5,7-11H2,1H3/t15-/m0/s1. The second-order valence-electron chi connectivity index (χ2n) is 5.97. The molecule has 7 heteroatoms. The van der Waals surface area contributed by atoms with Gasteiger partial charge in [-0.2, -0.15) is 0 Å². The molecule has 0 bridgehead atoms. The van der Waals surface area contributed by atoms with E-state index in [4.69, 9.17) is 5.11 Å². The van der Waals surface area contributed by atoms with E-state index in [0.717, 1.165) is 49.9 Å². The molecule has 6 nitrogen and oxygen atoms in total. The SMILES string of the molecule is CSc1nccc(N2CC[C@@]3(CCCN(CCO)C3=O)C2)n1. The smallest absolute Gasteiger partial charge is 0.230 e. The van der Waals surface area contributed by atoms with Crippen molar-refractivity contribution in [3.8, 4) is 0 Å². The first kappa shape index (κ1) is 15.6. The molecular weight excluding hydrogens is 300 g/mol. The summed E-state index contributed by atoms with van der Waals surface area (Å²) in [6, 6.07) is 1.91. The molecule has 1 aromatic heterocycles. The molecule has 1 spiro atoms. The summed E-state index contributed by atoms with van der Waals surface area (Å²) in [7, 11) is 0. The first-order chi connectivity index (χ1) is 10.7. The van der Waals surface area contributed by atoms with Gasteiger partial charge in [0.15, 0.2) is 5.16 Å². The number of hydrogen-bond donors (Lipinski definition) is 1. The highest BCUT2D eigenvalue weighted by molar-refractivity contribution is 7.98. The number of aliphatic hydroxyl groups is 1. The Kier molecular flexibility index (Phi) is 4.54. The van der Waals surface area contributed by atoms with Gasteiger partial charge in [-0.05, 0) is 31.6 Å². The van der Waals surface area contributed by atoms with Gasteiger partial charge < -0.3 is 14.9 Å². The zero-order valence-electron chi connectivity index (χ0n) is 12.9. The van der Waals surface area contributed by atoms with Gasteiger partial charge in [0.05, 0.1) is 12.0 Å². The van der Waals surface area contributed by atoms with E-state index in [2.05, 4.69) is 14.9 Å². The first-order valence-corrected chi connectivity index (χ1v) is 8.93. The van der Waals surface area contributed by atoms with Crippen molar-refractivity contribution in [3.05, 3.63) is 12.3 Å². The zero-order chi connectivity index (χ0) is 15.6. The van der Waals surface area contributed by atoms with Crippen LogP contribution in [-0.2, 0) is 4.79 Å². The highest BCUT2D eigenvalue weighted by Crippen LogP contribution is 2.41. The van der Waals surface area contributed by atoms with Crippen molar-refractivity contribution >= 4 is 23.5 Å². The molecule has 2 fully saturated rings. The molecule has 3 rings (SSSR count). The lowest BCUT2D eigenvalue weighted by molar-refractivity contribution is -0.145. The number of nitrogens with zero attached hydrogens (tertiary/aromatic N) is 4. The minimum atomic E-state index is -0.294. The van der Waals surface area contributed by atoms with Gasteiger partial charge in [0, 0.05) is 32.4 Å². The summed E-state index contributed by atoms with van der Waals surface area (Å²) in [6.07, 6.45) is 6.55. The summed E-state index contributed by atoms with van der Waals surface area (Å²) >= 11 is 1.52. The fraction of sp³-hybridized carbons (Fsp3) is 0.667. The Morgan fingerprint density at radius 1 is 1.41 bits per heavy atom. The van der Waals surface area contributed by atoms with Crippen LogP contribution in [-0.4, -0.2) is 64.9 Å². The van der Waals surface area contributed by atoms with Crippen molar-refractivity contribution in [2.24, 2.45) is 5.41 Å². The number of likely N-dealkylation sites (tertiary alicyclic amines) is 1. The average molecular weight is 322 g/mol. The van der Waals surface area contributed by atoms with Crippen LogP contribution in [0.4, 0.5) is 5.82 Å². The number of rotatable bonds is 4. The molecule has 120 valence electrons. The Morgan fingerprint density at radius 3 is 3.05 bits per heavy atom. The summed E-state index contributed by atoms with van der Waals surface area (Å²) in [5, 5.41) is 9.89. The molecule has 2 aliphatic rings. The van der Waals surface area contributed by atoms with Crippen LogP contribution in [0.3, 0.4) is 0 Å². The van der Waals surface area contributed by atoms with Crippen LogP contribution in [0.25, 0.3) is 0 Å². The number of β-amino-alcohol motifs (C(OH)–C–C–N with tert-alkyl or cyclic N) is 1. The minimum Gasteiger partial charge on any atom is -0.395 e. The van der Waals surface area contributed by atoms with Gasteiger partial charge in [-0.15, -0.1) is 0 Å². The lowest BCUT2D eigenvalue weighted by Gasteiger charge is -2.39. The van der Waals surface area contributed by atoms with Gasteiger partial charge in [-0.1, -0.05) is 11.8 Å². The van der Waals surface area contributed by atoms with E-state index >= 15 is 0 Å². The first-order valence-electron chi connectivity index (χ1n) is 7.71. The summed E-state index contributed by atoms with van der Waals surface area (Å²) in [4.78, 5) is 25.6. The Balaban J connectivity index is 1.76. The Morgan fingerprint density at radius 2 is 2.27 bits per heavy atom. The summed E-state index contributed by atoms with van der Waals surface area (Å²) in [5.41, 5.74) is -0.294. The Bertz CT molecular complexity index is 554. The maximum atomic E-state index is 12.8. The molecular formula is C15H22N4O2S. The predicted octanol–water partition coefficient (Wildman–Crippen LogP) is 1.01. The molecule has 22 heavy (non-hydrogen) atoms. The number of carbonyl (C=O) groups excluding carboxylic acids is 1. The molecule has 2 aliphatic heterocycles. The monoisotopic (exact) mass is 322 g/mol. The third-order valence-corrected chi connectivity index (χ3v) is 5.24. The van der Waals surface area contributed by atoms with Crippen molar-refractivity contribution in [1.82, 2.24) is 14.9 Å². The Hall–Kier alpha value is -1.34. The van der Waals surface area contributed by atoms with Gasteiger partial charge >= 0.3 is 0 Å². The maximum Gasteiger partial charge on any atom is 0.230 e. The van der Waals surface area contributed by atoms with Crippen LogP contribution in [0, 0.1) is 5.41 Å². The van der Waals surface area contributed by atoms with Gasteiger partial charge in [-0.25, -0.2) is 9.97 Å². The molecule has 2 saturated heterocycles. The number of aromatic nitrogens is 2. The number of anilines is 1. The number of thioether (sulfide) groups is 1. The lowest BCUT2D eigenvalue weighted by atomic mass is 9.78. The van der Waals surface area contributed by atoms with Crippen molar-refractivity contribution in [3.63, 3.8) is 0 Å². The largest absolute Gasteiger partial charge is 0.395 e. The van der Waals surface area contributed by atoms with Crippen molar-refractivity contribution in [2.45, 2.75) is 24.4 Å². The normalized spacial score (nSPS) is 25.3. The predicted molar refractivity (Wildman–Crippen MR) is 86.0 cm³/mol. The quantitative estimate of drug-likeness (QED) is 0.659. The molecule has 0 aromatic carbocycles. The lowest BCUT2D eigenvalue weighted by Crippen LogP contribution is -2.50. The molecule has 0 saturated carbocycles. The van der Waals surface area contributed by atoms with E-state index < -0.39 is 0 Å². The van der Waals surface area contributed by atoms with Crippen molar-refractivity contribution in [2.75, 3.05) is 43.9 Å². The molecule has 1 amide bonds. The topological polar surface area (TPSA) is 69.6 Å². The zero-order valence-corrected chi connectivity index (χ0v) is 13.7. The summed E-state index contributed by atoms with van der Waals surface area (Å²) in [5.74, 6) is 1.11. The van der Waals surface area contributed by atoms with Gasteiger partial charge in [0.25, 0.3) is 0 Å². The fourth-order valence-electron chi connectivity index (χ4n) is 3.54.